The maximum Gasteiger partial charge on any atom is 0.221 e. The average Bonchev–Trinajstić information content (AvgIpc) is 2.92. The average molecular weight is 282 g/mol. The highest BCUT2D eigenvalue weighted by Gasteiger charge is 2.19. The molecule has 2 heterocycles. The van der Waals surface area contributed by atoms with Crippen molar-refractivity contribution in [3.05, 3.63) is 35.7 Å². The van der Waals surface area contributed by atoms with Crippen LogP contribution >= 0.6 is 0 Å². The van der Waals surface area contributed by atoms with Crippen molar-refractivity contribution in [3.63, 3.8) is 0 Å². The fourth-order valence-electron chi connectivity index (χ4n) is 2.85. The molecule has 0 fully saturated rings. The van der Waals surface area contributed by atoms with E-state index in [9.17, 15) is 4.79 Å². The minimum Gasteiger partial charge on any atom is -0.360 e. The van der Waals surface area contributed by atoms with Gasteiger partial charge in [0.1, 0.15) is 0 Å². The van der Waals surface area contributed by atoms with Gasteiger partial charge in [-0.05, 0) is 25.5 Å². The van der Waals surface area contributed by atoms with E-state index in [0.29, 0.717) is 0 Å². The largest absolute Gasteiger partial charge is 0.360 e. The molecule has 2 aromatic heterocycles. The number of amides is 1. The van der Waals surface area contributed by atoms with Crippen LogP contribution in [0, 0.1) is 13.8 Å². The number of hydrogen-bond acceptors (Lipinski definition) is 2. The normalized spacial score (nSPS) is 11.0. The number of hydrogen-bond donors (Lipinski definition) is 2. The van der Waals surface area contributed by atoms with E-state index in [0.717, 1.165) is 33.5 Å². The van der Waals surface area contributed by atoms with Crippen molar-refractivity contribution in [1.82, 2.24) is 14.8 Å². The highest BCUT2D eigenvalue weighted by molar-refractivity contribution is 6.02. The van der Waals surface area contributed by atoms with Crippen molar-refractivity contribution in [1.29, 1.82) is 0 Å². The Hall–Kier alpha value is -2.56. The van der Waals surface area contributed by atoms with Gasteiger partial charge in [-0.2, -0.15) is 5.10 Å². The zero-order valence-electron chi connectivity index (χ0n) is 12.6. The minimum absolute atomic E-state index is 0.0936. The third-order valence-electron chi connectivity index (χ3n) is 3.69. The van der Waals surface area contributed by atoms with Crippen LogP contribution in [0.15, 0.2) is 24.4 Å². The fraction of sp³-hybridized carbons (Fsp3) is 0.250. The molecule has 5 nitrogen and oxygen atoms in total. The Balaban J connectivity index is 2.30. The molecular weight excluding hydrogens is 264 g/mol. The Morgan fingerprint density at radius 2 is 2.10 bits per heavy atom. The van der Waals surface area contributed by atoms with Crippen LogP contribution in [-0.4, -0.2) is 20.7 Å². The van der Waals surface area contributed by atoms with Crippen molar-refractivity contribution in [2.24, 2.45) is 7.05 Å². The van der Waals surface area contributed by atoms with Gasteiger partial charge in [0.2, 0.25) is 5.91 Å². The van der Waals surface area contributed by atoms with E-state index in [1.807, 2.05) is 37.0 Å². The lowest BCUT2D eigenvalue weighted by molar-refractivity contribution is -0.114. The number of nitrogens with one attached hydrogen (secondary N) is 2. The van der Waals surface area contributed by atoms with E-state index >= 15 is 0 Å². The van der Waals surface area contributed by atoms with E-state index in [4.69, 9.17) is 0 Å². The van der Waals surface area contributed by atoms with Crippen molar-refractivity contribution in [2.75, 3.05) is 5.32 Å². The summed E-state index contributed by atoms with van der Waals surface area (Å²) in [6, 6.07) is 6.16. The number of aryl methyl sites for hydroxylation is 3. The van der Waals surface area contributed by atoms with Crippen molar-refractivity contribution in [3.8, 4) is 11.3 Å². The zero-order chi connectivity index (χ0) is 15.1. The van der Waals surface area contributed by atoms with Crippen molar-refractivity contribution >= 4 is 22.5 Å². The predicted octanol–water partition coefficient (Wildman–Crippen LogP) is 3.14. The van der Waals surface area contributed by atoms with E-state index in [1.165, 1.54) is 12.5 Å². The molecular formula is C16H18N4O. The maximum absolute atomic E-state index is 11.5. The smallest absolute Gasteiger partial charge is 0.221 e. The maximum atomic E-state index is 11.5. The summed E-state index contributed by atoms with van der Waals surface area (Å²) in [5, 5.41) is 8.50. The number of aromatic amines is 1. The first-order valence-corrected chi connectivity index (χ1v) is 6.87. The fourth-order valence-corrected chi connectivity index (χ4v) is 2.85. The lowest BCUT2D eigenvalue weighted by Gasteiger charge is -2.07. The topological polar surface area (TPSA) is 62.7 Å². The van der Waals surface area contributed by atoms with Crippen LogP contribution in [0.1, 0.15) is 18.2 Å². The molecule has 0 unspecified atom stereocenters. The number of fused-ring (bicyclic) bond motifs is 1. The van der Waals surface area contributed by atoms with E-state index in [-0.39, 0.29) is 5.91 Å². The van der Waals surface area contributed by atoms with E-state index in [2.05, 4.69) is 28.4 Å². The molecule has 0 atom stereocenters. The third-order valence-corrected chi connectivity index (χ3v) is 3.69. The van der Waals surface area contributed by atoms with Gasteiger partial charge < -0.3 is 10.3 Å². The van der Waals surface area contributed by atoms with Crippen molar-refractivity contribution in [2.45, 2.75) is 20.8 Å². The Labute approximate surface area is 123 Å². The first kappa shape index (κ1) is 13.4. The van der Waals surface area contributed by atoms with Crippen LogP contribution in [0.2, 0.25) is 0 Å². The summed E-state index contributed by atoms with van der Waals surface area (Å²) in [6.07, 6.45) is 1.97. The van der Waals surface area contributed by atoms with Crippen LogP contribution in [0.3, 0.4) is 0 Å². The summed E-state index contributed by atoms with van der Waals surface area (Å²) in [4.78, 5) is 14.8. The molecule has 0 bridgehead atoms. The summed E-state index contributed by atoms with van der Waals surface area (Å²) < 4.78 is 1.82. The first-order chi connectivity index (χ1) is 9.99. The van der Waals surface area contributed by atoms with Crippen LogP contribution in [0.5, 0.6) is 0 Å². The number of nitrogens with zero attached hydrogens (tertiary/aromatic N) is 2. The van der Waals surface area contributed by atoms with Crippen molar-refractivity contribution < 1.29 is 4.79 Å². The quantitative estimate of drug-likeness (QED) is 0.758. The Bertz CT molecular complexity index is 841. The second-order valence-corrected chi connectivity index (χ2v) is 5.31. The minimum atomic E-state index is -0.0936. The molecule has 0 aliphatic carbocycles. The molecule has 1 aromatic carbocycles. The monoisotopic (exact) mass is 282 g/mol. The number of aromatic nitrogens is 3. The molecule has 1 amide bonds. The Morgan fingerprint density at radius 3 is 2.81 bits per heavy atom. The lowest BCUT2D eigenvalue weighted by atomic mass is 10.0. The van der Waals surface area contributed by atoms with Gasteiger partial charge in [-0.3, -0.25) is 9.48 Å². The Kier molecular flexibility index (Phi) is 3.05. The number of carbonyl (C=O) groups excluding carboxylic acids is 1. The number of rotatable bonds is 2. The highest BCUT2D eigenvalue weighted by atomic mass is 16.1. The molecule has 5 heteroatoms. The predicted molar refractivity (Wildman–Crippen MR) is 84.3 cm³/mol. The Morgan fingerprint density at radius 1 is 1.33 bits per heavy atom. The van der Waals surface area contributed by atoms with Crippen LogP contribution in [-0.2, 0) is 11.8 Å². The summed E-state index contributed by atoms with van der Waals surface area (Å²) in [5.41, 5.74) is 5.83. The van der Waals surface area contributed by atoms with Crippen LogP contribution in [0.25, 0.3) is 22.2 Å². The first-order valence-electron chi connectivity index (χ1n) is 6.87. The van der Waals surface area contributed by atoms with Crippen LogP contribution < -0.4 is 5.32 Å². The molecule has 0 saturated heterocycles. The van der Waals surface area contributed by atoms with E-state index in [1.54, 1.807) is 0 Å². The number of H-pyrrole nitrogens is 1. The number of carbonyl (C=O) groups is 1. The lowest BCUT2D eigenvalue weighted by Crippen LogP contribution is -2.07. The standard InChI is InChI=1S/C16H18N4O/c1-9-6-5-7-13-14(9)12(8-17-13)16-15(18-11(3)21)10(2)19-20(16)4/h5-8,17H,1-4H3,(H,18,21). The van der Waals surface area contributed by atoms with Crippen LogP contribution in [0.4, 0.5) is 5.69 Å². The SMILES string of the molecule is CC(=O)Nc1c(C)nn(C)c1-c1c[nH]c2cccc(C)c12. The summed E-state index contributed by atoms with van der Waals surface area (Å²) >= 11 is 0. The number of benzene rings is 1. The van der Waals surface area contributed by atoms with Gasteiger partial charge in [-0.25, -0.2) is 0 Å². The van der Waals surface area contributed by atoms with Gasteiger partial charge in [0.05, 0.1) is 17.1 Å². The molecule has 3 aromatic rings. The zero-order valence-corrected chi connectivity index (χ0v) is 12.6. The summed E-state index contributed by atoms with van der Waals surface area (Å²) in [6.45, 7) is 5.49. The molecule has 0 saturated carbocycles. The van der Waals surface area contributed by atoms with Gasteiger partial charge in [0, 0.05) is 36.6 Å². The molecule has 0 spiro atoms. The second kappa shape index (κ2) is 4.77. The van der Waals surface area contributed by atoms with Gasteiger partial charge in [-0.1, -0.05) is 12.1 Å². The third kappa shape index (κ3) is 2.11. The van der Waals surface area contributed by atoms with Gasteiger partial charge in [-0.15, -0.1) is 0 Å². The summed E-state index contributed by atoms with van der Waals surface area (Å²) in [7, 11) is 1.89. The molecule has 0 aliphatic heterocycles. The molecule has 2 N–H and O–H groups in total. The van der Waals surface area contributed by atoms with Gasteiger partial charge >= 0.3 is 0 Å². The molecule has 0 aliphatic rings. The molecule has 3 rings (SSSR count). The molecule has 108 valence electrons. The highest BCUT2D eigenvalue weighted by Crippen LogP contribution is 2.36. The summed E-state index contributed by atoms with van der Waals surface area (Å²) in [5.74, 6) is -0.0936. The molecule has 21 heavy (non-hydrogen) atoms. The van der Waals surface area contributed by atoms with Gasteiger partial charge in [0.15, 0.2) is 0 Å². The van der Waals surface area contributed by atoms with Gasteiger partial charge in [0.25, 0.3) is 0 Å². The number of anilines is 1. The van der Waals surface area contributed by atoms with E-state index < -0.39 is 0 Å². The molecule has 0 radical (unpaired) electrons. The second-order valence-electron chi connectivity index (χ2n) is 5.31.